The van der Waals surface area contributed by atoms with Crippen LogP contribution in [0.1, 0.15) is 5.56 Å². The van der Waals surface area contributed by atoms with Gasteiger partial charge in [-0.15, -0.1) is 0 Å². The standard InChI is InChI=1S/C40H58O28/c1-11-4-20(46)59-14-5-12(2-3-13(11)14)58-36-28(54)23(49)32(16(7-42)61-36)66-38-30(56)25(51)34(18(9-44)63-38)68-40-31(57)26(52)35(19(10-45)64-40)67-39-29(55)24(50)33(17(8-43)62-39)65-37-27(53)22(48)21(47)15(6-41)60-37/h2-5,15-19,21-45,47-57H,6-10H2,1H3/t15?,16?,17?,18?,19?,21-,22?,23?,24?,25?,26?,27?,28?,29?,30?,31?,32-,33-,34-,35-,36+,37-,38-,39-,40-/m0/s1. The van der Waals surface area contributed by atoms with Crippen molar-refractivity contribution in [2.24, 2.45) is 0 Å². The summed E-state index contributed by atoms with van der Waals surface area (Å²) in [5.41, 5.74) is 0.157. The van der Waals surface area contributed by atoms with E-state index in [0.717, 1.165) is 0 Å². The molecular weight excluding hydrogens is 928 g/mol. The Morgan fingerprint density at radius 1 is 0.426 bits per heavy atom. The molecule has 1 aromatic carbocycles. The monoisotopic (exact) mass is 986 g/mol. The Bertz CT molecular complexity index is 1990. The number of fused-ring (bicyclic) bond motifs is 1. The fourth-order valence-corrected chi connectivity index (χ4v) is 8.63. The summed E-state index contributed by atoms with van der Waals surface area (Å²) in [7, 11) is 0. The summed E-state index contributed by atoms with van der Waals surface area (Å²) in [6.45, 7) is -2.89. The van der Waals surface area contributed by atoms with Gasteiger partial charge >= 0.3 is 5.63 Å². The summed E-state index contributed by atoms with van der Waals surface area (Å²) in [5, 5.41) is 170. The van der Waals surface area contributed by atoms with E-state index in [0.29, 0.717) is 10.9 Å². The normalized spacial score (nSPS) is 45.9. The predicted molar refractivity (Wildman–Crippen MR) is 212 cm³/mol. The molecule has 5 aliphatic rings. The van der Waals surface area contributed by atoms with Gasteiger partial charge in [-0.05, 0) is 24.6 Å². The van der Waals surface area contributed by atoms with Gasteiger partial charge in [-0.3, -0.25) is 0 Å². The maximum Gasteiger partial charge on any atom is 0.336 e. The molecule has 386 valence electrons. The number of hydrogen-bond acceptors (Lipinski definition) is 28. The van der Waals surface area contributed by atoms with Crippen molar-refractivity contribution < 1.29 is 133 Å². The van der Waals surface area contributed by atoms with E-state index in [1.54, 1.807) is 13.0 Å². The highest BCUT2D eigenvalue weighted by molar-refractivity contribution is 5.81. The van der Waals surface area contributed by atoms with Crippen LogP contribution in [0.5, 0.6) is 5.75 Å². The van der Waals surface area contributed by atoms with Crippen LogP contribution >= 0.6 is 0 Å². The fourth-order valence-electron chi connectivity index (χ4n) is 8.63. The molecule has 1 aromatic heterocycles. The Morgan fingerprint density at radius 3 is 1.15 bits per heavy atom. The highest BCUT2D eigenvalue weighted by Crippen LogP contribution is 2.36. The van der Waals surface area contributed by atoms with Crippen LogP contribution in [0.2, 0.25) is 0 Å². The zero-order chi connectivity index (χ0) is 49.5. The molecule has 2 aromatic rings. The number of rotatable bonds is 15. The lowest BCUT2D eigenvalue weighted by Crippen LogP contribution is -2.68. The average Bonchev–Trinajstić information content (AvgIpc) is 3.32. The molecule has 0 spiro atoms. The Labute approximate surface area is 383 Å². The smallest absolute Gasteiger partial charge is 0.336 e. The van der Waals surface area contributed by atoms with E-state index in [9.17, 15) is 86.5 Å². The van der Waals surface area contributed by atoms with Crippen LogP contribution in [0.15, 0.2) is 33.5 Å². The van der Waals surface area contributed by atoms with Crippen molar-refractivity contribution in [1.29, 1.82) is 0 Å². The van der Waals surface area contributed by atoms with Crippen molar-refractivity contribution >= 4 is 11.0 Å². The zero-order valence-corrected chi connectivity index (χ0v) is 35.8. The minimum atomic E-state index is -2.14. The van der Waals surface area contributed by atoms with E-state index >= 15 is 0 Å². The molecule has 16 N–H and O–H groups in total. The highest BCUT2D eigenvalue weighted by atomic mass is 16.8. The third-order valence-electron chi connectivity index (χ3n) is 12.5. The second-order valence-electron chi connectivity index (χ2n) is 17.0. The van der Waals surface area contributed by atoms with Gasteiger partial charge in [-0.1, -0.05) is 0 Å². The van der Waals surface area contributed by atoms with Crippen LogP contribution in [0.4, 0.5) is 0 Å². The van der Waals surface area contributed by atoms with Crippen LogP contribution in [0.25, 0.3) is 11.0 Å². The first-order chi connectivity index (χ1) is 32.3. The summed E-state index contributed by atoms with van der Waals surface area (Å²) >= 11 is 0. The van der Waals surface area contributed by atoms with Crippen molar-refractivity contribution in [2.45, 2.75) is 160 Å². The lowest BCUT2D eigenvalue weighted by molar-refractivity contribution is -0.392. The average molecular weight is 987 g/mol. The quantitative estimate of drug-likeness (QED) is 0.0737. The van der Waals surface area contributed by atoms with Crippen molar-refractivity contribution in [2.75, 3.05) is 33.0 Å². The predicted octanol–water partition coefficient (Wildman–Crippen LogP) is -9.42. The number of hydrogen-bond donors (Lipinski definition) is 16. The summed E-state index contributed by atoms with van der Waals surface area (Å²) < 4.78 is 61.4. The molecular formula is C40H58O28. The number of ether oxygens (including phenoxy) is 10. The SMILES string of the molecule is Cc1cc(=O)oc2cc(O[C@@H]3OC(CO)[C@H](O[C@@H]4OC(CO)[C@H](O[C@@H]5OC(CO)[C@H](O[C@@H]6OC(CO)[C@H](O[C@@H]7OC(CO)[C@H](O)C(O)C7O)C(O)C6O)C(O)C5O)C(O)C4O)C(O)C3O)ccc12. The molecule has 0 radical (unpaired) electrons. The van der Waals surface area contributed by atoms with E-state index in [1.165, 1.54) is 18.2 Å². The van der Waals surface area contributed by atoms with Gasteiger partial charge in [0.15, 0.2) is 25.2 Å². The van der Waals surface area contributed by atoms with Crippen molar-refractivity contribution in [3.63, 3.8) is 0 Å². The van der Waals surface area contributed by atoms with Crippen molar-refractivity contribution in [1.82, 2.24) is 0 Å². The molecule has 28 heteroatoms. The Kier molecular flexibility index (Phi) is 17.4. The first-order valence-corrected chi connectivity index (χ1v) is 21.5. The van der Waals surface area contributed by atoms with Crippen LogP contribution < -0.4 is 10.4 Å². The van der Waals surface area contributed by atoms with E-state index in [4.69, 9.17) is 51.8 Å². The molecule has 15 unspecified atom stereocenters. The number of aryl methyl sites for hydroxylation is 1. The highest BCUT2D eigenvalue weighted by Gasteiger charge is 2.56. The summed E-state index contributed by atoms with van der Waals surface area (Å²) in [6, 6.07) is 5.71. The molecule has 0 aliphatic carbocycles. The second kappa shape index (κ2) is 22.3. The van der Waals surface area contributed by atoms with Gasteiger partial charge in [0, 0.05) is 17.5 Å². The molecule has 6 heterocycles. The van der Waals surface area contributed by atoms with Crippen molar-refractivity contribution in [3.05, 3.63) is 40.2 Å². The minimum absolute atomic E-state index is 0.0458. The van der Waals surface area contributed by atoms with Gasteiger partial charge in [0.05, 0.1) is 33.0 Å². The minimum Gasteiger partial charge on any atom is -0.462 e. The number of benzene rings is 1. The molecule has 0 amide bonds. The van der Waals surface area contributed by atoms with Gasteiger partial charge in [-0.25, -0.2) is 4.79 Å². The van der Waals surface area contributed by atoms with Gasteiger partial charge in [0.1, 0.15) is 133 Å². The van der Waals surface area contributed by atoms with E-state index in [-0.39, 0.29) is 11.3 Å². The maximum absolute atomic E-state index is 11.9. The molecule has 5 fully saturated rings. The Morgan fingerprint density at radius 2 is 0.765 bits per heavy atom. The molecule has 68 heavy (non-hydrogen) atoms. The van der Waals surface area contributed by atoms with Crippen LogP contribution in [0.3, 0.4) is 0 Å². The Balaban J connectivity index is 0.965. The molecule has 5 saturated heterocycles. The molecule has 0 saturated carbocycles. The van der Waals surface area contributed by atoms with E-state index in [1.807, 2.05) is 0 Å². The maximum atomic E-state index is 11.9. The molecule has 5 aliphatic heterocycles. The first kappa shape index (κ1) is 53.0. The largest absolute Gasteiger partial charge is 0.462 e. The molecule has 7 rings (SSSR count). The number of aliphatic hydroxyl groups excluding tert-OH is 16. The Hall–Kier alpha value is -2.77. The lowest BCUT2D eigenvalue weighted by Gasteiger charge is -2.49. The summed E-state index contributed by atoms with van der Waals surface area (Å²) in [5.74, 6) is 0.0458. The van der Waals surface area contributed by atoms with Gasteiger partial charge in [-0.2, -0.15) is 0 Å². The van der Waals surface area contributed by atoms with E-state index < -0.39 is 192 Å². The first-order valence-electron chi connectivity index (χ1n) is 21.5. The molecule has 28 nitrogen and oxygen atoms in total. The zero-order valence-electron chi connectivity index (χ0n) is 35.8. The van der Waals surface area contributed by atoms with Gasteiger partial charge < -0.3 is 133 Å². The lowest BCUT2D eigenvalue weighted by atomic mass is 9.95. The summed E-state index contributed by atoms with van der Waals surface area (Å²) in [4.78, 5) is 11.9. The van der Waals surface area contributed by atoms with Crippen LogP contribution in [0, 0.1) is 6.92 Å². The van der Waals surface area contributed by atoms with Gasteiger partial charge in [0.2, 0.25) is 6.29 Å². The third-order valence-corrected chi connectivity index (χ3v) is 12.5. The van der Waals surface area contributed by atoms with Crippen LogP contribution in [-0.2, 0) is 42.6 Å². The van der Waals surface area contributed by atoms with Crippen LogP contribution in [-0.4, -0.2) is 268 Å². The van der Waals surface area contributed by atoms with E-state index in [2.05, 4.69) is 0 Å². The van der Waals surface area contributed by atoms with Crippen molar-refractivity contribution in [3.8, 4) is 5.75 Å². The fraction of sp³-hybridized carbons (Fsp3) is 0.775. The van der Waals surface area contributed by atoms with Gasteiger partial charge in [0.25, 0.3) is 0 Å². The summed E-state index contributed by atoms with van der Waals surface area (Å²) in [6.07, 6.45) is -46.1. The topological polar surface area (TPSA) is 446 Å². The second-order valence-corrected chi connectivity index (χ2v) is 17.0. The molecule has 25 atom stereocenters. The third kappa shape index (κ3) is 10.6. The number of aliphatic hydroxyl groups is 16. The molecule has 0 bridgehead atoms.